The van der Waals surface area contributed by atoms with Crippen molar-refractivity contribution in [3.8, 4) is 0 Å². The molecule has 1 heterocycles. The molecule has 0 fully saturated rings. The molecule has 2 N–H and O–H groups in total. The van der Waals surface area contributed by atoms with E-state index in [4.69, 9.17) is 10.2 Å². The second kappa shape index (κ2) is 5.36. The maximum Gasteiger partial charge on any atom is 0.394 e. The van der Waals surface area contributed by atoms with Gasteiger partial charge in [0, 0.05) is 25.2 Å². The van der Waals surface area contributed by atoms with Crippen LogP contribution >= 0.6 is 0 Å². The zero-order chi connectivity index (χ0) is 12.2. The van der Waals surface area contributed by atoms with Gasteiger partial charge in [-0.15, -0.1) is 0 Å². The molecule has 0 saturated heterocycles. The van der Waals surface area contributed by atoms with Crippen LogP contribution in [0.2, 0.25) is 0 Å². The summed E-state index contributed by atoms with van der Waals surface area (Å²) in [6.45, 7) is -0.0759. The average Bonchev–Trinajstić information content (AvgIpc) is 2.64. The SMILES string of the molecule is CN(Cc1ccoc1)CC(CN)C(F)(F)F. The maximum absolute atomic E-state index is 12.4. The van der Waals surface area contributed by atoms with E-state index in [1.54, 1.807) is 18.0 Å². The lowest BCUT2D eigenvalue weighted by molar-refractivity contribution is -0.175. The van der Waals surface area contributed by atoms with Crippen LogP contribution in [0, 0.1) is 5.92 Å². The van der Waals surface area contributed by atoms with Gasteiger partial charge in [-0.2, -0.15) is 13.2 Å². The lowest BCUT2D eigenvalue weighted by Gasteiger charge is -2.24. The molecule has 16 heavy (non-hydrogen) atoms. The molecule has 0 aliphatic rings. The molecule has 1 unspecified atom stereocenters. The van der Waals surface area contributed by atoms with Gasteiger partial charge < -0.3 is 15.1 Å². The normalized spacial score (nSPS) is 14.4. The van der Waals surface area contributed by atoms with E-state index in [9.17, 15) is 13.2 Å². The summed E-state index contributed by atoms with van der Waals surface area (Å²) in [5.41, 5.74) is 5.96. The first-order valence-corrected chi connectivity index (χ1v) is 4.90. The molecule has 0 aromatic carbocycles. The fourth-order valence-electron chi connectivity index (χ4n) is 1.45. The van der Waals surface area contributed by atoms with E-state index >= 15 is 0 Å². The number of alkyl halides is 3. The van der Waals surface area contributed by atoms with Crippen molar-refractivity contribution in [1.29, 1.82) is 0 Å². The van der Waals surface area contributed by atoms with Crippen molar-refractivity contribution in [2.24, 2.45) is 11.7 Å². The molecule has 6 heteroatoms. The predicted molar refractivity (Wildman–Crippen MR) is 53.6 cm³/mol. The summed E-state index contributed by atoms with van der Waals surface area (Å²) in [5, 5.41) is 0. The highest BCUT2D eigenvalue weighted by Gasteiger charge is 2.38. The van der Waals surface area contributed by atoms with E-state index in [2.05, 4.69) is 0 Å². The molecule has 0 amide bonds. The van der Waals surface area contributed by atoms with Crippen molar-refractivity contribution in [1.82, 2.24) is 4.90 Å². The standard InChI is InChI=1S/C10H15F3N2O/c1-15(5-8-2-3-16-7-8)6-9(4-14)10(11,12)13/h2-3,7,9H,4-6,14H2,1H3. The van der Waals surface area contributed by atoms with E-state index in [0.29, 0.717) is 6.54 Å². The monoisotopic (exact) mass is 236 g/mol. The number of hydrogen-bond acceptors (Lipinski definition) is 3. The Morgan fingerprint density at radius 1 is 1.50 bits per heavy atom. The topological polar surface area (TPSA) is 42.4 Å². The Balaban J connectivity index is 2.46. The first-order valence-electron chi connectivity index (χ1n) is 4.90. The third-order valence-electron chi connectivity index (χ3n) is 2.31. The van der Waals surface area contributed by atoms with Crippen LogP contribution in [-0.4, -0.2) is 31.2 Å². The van der Waals surface area contributed by atoms with Gasteiger partial charge >= 0.3 is 6.18 Å². The molecule has 0 spiro atoms. The molecule has 1 aromatic heterocycles. The van der Waals surface area contributed by atoms with Crippen LogP contribution < -0.4 is 5.73 Å². The number of hydrogen-bond donors (Lipinski definition) is 1. The second-order valence-corrected chi connectivity index (χ2v) is 3.80. The zero-order valence-corrected chi connectivity index (χ0v) is 9.00. The van der Waals surface area contributed by atoms with Crippen LogP contribution in [0.15, 0.2) is 23.0 Å². The van der Waals surface area contributed by atoms with Crippen LogP contribution in [0.4, 0.5) is 13.2 Å². The van der Waals surface area contributed by atoms with E-state index in [1.807, 2.05) is 0 Å². The fourth-order valence-corrected chi connectivity index (χ4v) is 1.45. The van der Waals surface area contributed by atoms with E-state index < -0.39 is 12.1 Å². The molecular weight excluding hydrogens is 221 g/mol. The molecule has 1 aromatic rings. The van der Waals surface area contributed by atoms with Crippen molar-refractivity contribution < 1.29 is 17.6 Å². The third-order valence-corrected chi connectivity index (χ3v) is 2.31. The van der Waals surface area contributed by atoms with Crippen molar-refractivity contribution in [2.45, 2.75) is 12.7 Å². The first-order chi connectivity index (χ1) is 7.43. The summed E-state index contributed by atoms with van der Waals surface area (Å²) in [6, 6.07) is 1.72. The molecule has 0 saturated carbocycles. The molecule has 92 valence electrons. The number of rotatable bonds is 5. The maximum atomic E-state index is 12.4. The Labute approximate surface area is 92.0 Å². The molecule has 0 bridgehead atoms. The van der Waals surface area contributed by atoms with Crippen LogP contribution in [0.5, 0.6) is 0 Å². The van der Waals surface area contributed by atoms with Crippen molar-refractivity contribution in [3.05, 3.63) is 24.2 Å². The Morgan fingerprint density at radius 3 is 2.62 bits per heavy atom. The van der Waals surface area contributed by atoms with Crippen molar-refractivity contribution >= 4 is 0 Å². The summed E-state index contributed by atoms with van der Waals surface area (Å²) in [5.74, 6) is -1.48. The van der Waals surface area contributed by atoms with E-state index in [-0.39, 0.29) is 13.1 Å². The van der Waals surface area contributed by atoms with Gasteiger partial charge in [0.1, 0.15) is 0 Å². The zero-order valence-electron chi connectivity index (χ0n) is 9.00. The average molecular weight is 236 g/mol. The Hall–Kier alpha value is -1.01. The first kappa shape index (κ1) is 13.1. The van der Waals surface area contributed by atoms with Gasteiger partial charge in [0.05, 0.1) is 18.4 Å². The molecule has 3 nitrogen and oxygen atoms in total. The molecule has 0 aliphatic heterocycles. The van der Waals surface area contributed by atoms with Gasteiger partial charge in [-0.3, -0.25) is 0 Å². The van der Waals surface area contributed by atoms with Gasteiger partial charge in [0.2, 0.25) is 0 Å². The number of nitrogens with zero attached hydrogens (tertiary/aromatic N) is 1. The third kappa shape index (κ3) is 3.86. The van der Waals surface area contributed by atoms with Crippen molar-refractivity contribution in [2.75, 3.05) is 20.1 Å². The van der Waals surface area contributed by atoms with Crippen LogP contribution in [0.3, 0.4) is 0 Å². The minimum atomic E-state index is -4.24. The van der Waals surface area contributed by atoms with E-state index in [1.165, 1.54) is 12.5 Å². The predicted octanol–water partition coefficient (Wildman–Crippen LogP) is 1.85. The second-order valence-electron chi connectivity index (χ2n) is 3.80. The summed E-state index contributed by atoms with van der Waals surface area (Å²) in [4.78, 5) is 1.58. The Morgan fingerprint density at radius 2 is 2.19 bits per heavy atom. The Kier molecular flexibility index (Phi) is 4.37. The summed E-state index contributed by atoms with van der Waals surface area (Å²) >= 11 is 0. The molecular formula is C10H15F3N2O. The lowest BCUT2D eigenvalue weighted by Crippen LogP contribution is -2.39. The van der Waals surface area contributed by atoms with Gasteiger partial charge in [0.15, 0.2) is 0 Å². The minimum absolute atomic E-state index is 0.106. The van der Waals surface area contributed by atoms with Gasteiger partial charge in [-0.05, 0) is 13.1 Å². The number of nitrogens with two attached hydrogens (primary N) is 1. The van der Waals surface area contributed by atoms with Gasteiger partial charge in [-0.1, -0.05) is 0 Å². The molecule has 0 radical (unpaired) electrons. The summed E-state index contributed by atoms with van der Waals surface area (Å²) in [6.07, 6.45) is -1.23. The highest BCUT2D eigenvalue weighted by Crippen LogP contribution is 2.26. The highest BCUT2D eigenvalue weighted by molar-refractivity contribution is 5.04. The number of halogens is 3. The minimum Gasteiger partial charge on any atom is -0.472 e. The van der Waals surface area contributed by atoms with Crippen LogP contribution in [0.25, 0.3) is 0 Å². The fraction of sp³-hybridized carbons (Fsp3) is 0.600. The lowest BCUT2D eigenvalue weighted by atomic mass is 10.1. The number of furan rings is 1. The van der Waals surface area contributed by atoms with Crippen LogP contribution in [0.1, 0.15) is 5.56 Å². The quantitative estimate of drug-likeness (QED) is 0.848. The van der Waals surface area contributed by atoms with E-state index in [0.717, 1.165) is 5.56 Å². The summed E-state index contributed by atoms with van der Waals surface area (Å²) in [7, 11) is 1.63. The molecule has 1 rings (SSSR count). The van der Waals surface area contributed by atoms with Gasteiger partial charge in [0.25, 0.3) is 0 Å². The smallest absolute Gasteiger partial charge is 0.394 e. The summed E-state index contributed by atoms with van der Waals surface area (Å²) < 4.78 is 42.1. The Bertz CT molecular complexity index is 298. The van der Waals surface area contributed by atoms with Gasteiger partial charge in [-0.25, -0.2) is 0 Å². The highest BCUT2D eigenvalue weighted by atomic mass is 19.4. The van der Waals surface area contributed by atoms with Crippen LogP contribution in [-0.2, 0) is 6.54 Å². The molecule has 0 aliphatic carbocycles. The largest absolute Gasteiger partial charge is 0.472 e. The molecule has 1 atom stereocenters. The van der Waals surface area contributed by atoms with Crippen molar-refractivity contribution in [3.63, 3.8) is 0 Å².